The lowest BCUT2D eigenvalue weighted by atomic mass is 9.67. The van der Waals surface area contributed by atoms with Crippen molar-refractivity contribution in [2.75, 3.05) is 7.05 Å². The van der Waals surface area contributed by atoms with E-state index in [1.807, 2.05) is 26.8 Å². The van der Waals surface area contributed by atoms with E-state index >= 15 is 0 Å². The van der Waals surface area contributed by atoms with Gasteiger partial charge in [-0.2, -0.15) is 0 Å². The number of nitrogens with zero attached hydrogens (tertiary/aromatic N) is 1. The highest BCUT2D eigenvalue weighted by molar-refractivity contribution is 5.91. The van der Waals surface area contributed by atoms with Crippen LogP contribution in [-0.4, -0.2) is 34.8 Å². The van der Waals surface area contributed by atoms with Gasteiger partial charge in [-0.15, -0.1) is 6.58 Å². The molecule has 0 aliphatic heterocycles. The van der Waals surface area contributed by atoms with Crippen LogP contribution >= 0.6 is 0 Å². The molecule has 120 valence electrons. The SMILES string of the molecule is C=C[C@@H]1CCC(C)C(C(=O)NC(C)(C)C)(N(C)C(C)=O)C1. The summed E-state index contributed by atoms with van der Waals surface area (Å²) in [5.74, 6) is 0.279. The lowest BCUT2D eigenvalue weighted by molar-refractivity contribution is -0.152. The molecule has 0 radical (unpaired) electrons. The molecule has 2 amide bonds. The highest BCUT2D eigenvalue weighted by atomic mass is 16.2. The van der Waals surface area contributed by atoms with Gasteiger partial charge in [0.1, 0.15) is 5.54 Å². The Bertz CT molecular complexity index is 425. The molecule has 1 aliphatic carbocycles. The molecule has 21 heavy (non-hydrogen) atoms. The zero-order chi connectivity index (χ0) is 16.4. The van der Waals surface area contributed by atoms with E-state index in [1.165, 1.54) is 6.92 Å². The number of hydrogen-bond acceptors (Lipinski definition) is 2. The third kappa shape index (κ3) is 3.66. The van der Waals surface area contributed by atoms with Crippen molar-refractivity contribution in [1.29, 1.82) is 0 Å². The van der Waals surface area contributed by atoms with Crippen LogP contribution in [0.4, 0.5) is 0 Å². The zero-order valence-electron chi connectivity index (χ0n) is 14.3. The summed E-state index contributed by atoms with van der Waals surface area (Å²) in [6.07, 6.45) is 4.52. The van der Waals surface area contributed by atoms with Gasteiger partial charge in [-0.3, -0.25) is 9.59 Å². The van der Waals surface area contributed by atoms with Crippen LogP contribution in [0.1, 0.15) is 53.9 Å². The first-order chi connectivity index (χ1) is 9.54. The minimum absolute atomic E-state index is 0.0493. The molecule has 1 aliphatic rings. The predicted molar refractivity (Wildman–Crippen MR) is 85.8 cm³/mol. The quantitative estimate of drug-likeness (QED) is 0.814. The topological polar surface area (TPSA) is 49.4 Å². The van der Waals surface area contributed by atoms with Crippen LogP contribution in [0, 0.1) is 11.8 Å². The van der Waals surface area contributed by atoms with E-state index in [0.717, 1.165) is 12.8 Å². The van der Waals surface area contributed by atoms with E-state index in [2.05, 4.69) is 18.8 Å². The molecule has 2 unspecified atom stereocenters. The monoisotopic (exact) mass is 294 g/mol. The highest BCUT2D eigenvalue weighted by Crippen LogP contribution is 2.41. The second-order valence-corrected chi connectivity index (χ2v) is 7.38. The molecule has 0 spiro atoms. The number of hydrogen-bond donors (Lipinski definition) is 1. The van der Waals surface area contributed by atoms with Crippen molar-refractivity contribution in [2.24, 2.45) is 11.8 Å². The van der Waals surface area contributed by atoms with E-state index in [9.17, 15) is 9.59 Å². The summed E-state index contributed by atoms with van der Waals surface area (Å²) < 4.78 is 0. The summed E-state index contributed by atoms with van der Waals surface area (Å²) in [6, 6.07) is 0. The van der Waals surface area contributed by atoms with Gasteiger partial charge < -0.3 is 10.2 Å². The van der Waals surface area contributed by atoms with Gasteiger partial charge in [-0.25, -0.2) is 0 Å². The lowest BCUT2D eigenvalue weighted by Gasteiger charge is -2.50. The van der Waals surface area contributed by atoms with Crippen LogP contribution in [0.15, 0.2) is 12.7 Å². The largest absolute Gasteiger partial charge is 0.349 e. The van der Waals surface area contributed by atoms with Gasteiger partial charge in [0.2, 0.25) is 11.8 Å². The summed E-state index contributed by atoms with van der Waals surface area (Å²) in [7, 11) is 1.74. The van der Waals surface area contributed by atoms with Crippen molar-refractivity contribution < 1.29 is 9.59 Å². The Hall–Kier alpha value is -1.32. The third-order valence-corrected chi connectivity index (χ3v) is 4.65. The smallest absolute Gasteiger partial charge is 0.246 e. The third-order valence-electron chi connectivity index (χ3n) is 4.65. The van der Waals surface area contributed by atoms with E-state index in [-0.39, 0.29) is 29.2 Å². The molecule has 1 fully saturated rings. The number of likely N-dealkylation sites (N-methyl/N-ethyl adjacent to an activating group) is 1. The Morgan fingerprint density at radius 2 is 1.90 bits per heavy atom. The van der Waals surface area contributed by atoms with E-state index in [4.69, 9.17) is 0 Å². The van der Waals surface area contributed by atoms with Crippen LogP contribution in [0.2, 0.25) is 0 Å². The number of allylic oxidation sites excluding steroid dienone is 1. The Morgan fingerprint density at radius 1 is 1.33 bits per heavy atom. The van der Waals surface area contributed by atoms with Crippen molar-refractivity contribution in [2.45, 2.75) is 65.0 Å². The summed E-state index contributed by atoms with van der Waals surface area (Å²) in [5, 5.41) is 3.07. The summed E-state index contributed by atoms with van der Waals surface area (Å²) in [4.78, 5) is 26.6. The lowest BCUT2D eigenvalue weighted by Crippen LogP contribution is -2.66. The van der Waals surface area contributed by atoms with Gasteiger partial charge in [-0.05, 0) is 51.9 Å². The Balaban J connectivity index is 3.24. The zero-order valence-corrected chi connectivity index (χ0v) is 14.3. The molecule has 0 saturated heterocycles. The van der Waals surface area contributed by atoms with Crippen LogP contribution in [0.25, 0.3) is 0 Å². The Labute approximate surface area is 129 Å². The van der Waals surface area contributed by atoms with Crippen molar-refractivity contribution in [3.63, 3.8) is 0 Å². The van der Waals surface area contributed by atoms with Gasteiger partial charge in [-0.1, -0.05) is 13.0 Å². The van der Waals surface area contributed by atoms with Gasteiger partial charge in [0, 0.05) is 19.5 Å². The first-order valence-electron chi connectivity index (χ1n) is 7.74. The van der Waals surface area contributed by atoms with Gasteiger partial charge in [0.15, 0.2) is 0 Å². The maximum absolute atomic E-state index is 13.0. The van der Waals surface area contributed by atoms with Crippen molar-refractivity contribution >= 4 is 11.8 Å². The fourth-order valence-corrected chi connectivity index (χ4v) is 3.27. The van der Waals surface area contributed by atoms with Crippen molar-refractivity contribution in [3.8, 4) is 0 Å². The first kappa shape index (κ1) is 17.7. The Morgan fingerprint density at radius 3 is 2.33 bits per heavy atom. The number of carbonyl (C=O) groups is 2. The molecular formula is C17H30N2O2. The molecule has 1 saturated carbocycles. The fourth-order valence-electron chi connectivity index (χ4n) is 3.27. The average Bonchev–Trinajstić information content (AvgIpc) is 2.36. The van der Waals surface area contributed by atoms with Crippen LogP contribution in [-0.2, 0) is 9.59 Å². The Kier molecular flexibility index (Phi) is 5.24. The highest BCUT2D eigenvalue weighted by Gasteiger charge is 2.51. The molecule has 0 aromatic heterocycles. The van der Waals surface area contributed by atoms with Gasteiger partial charge in [0.05, 0.1) is 0 Å². The molecule has 0 aromatic carbocycles. The van der Waals surface area contributed by atoms with E-state index in [1.54, 1.807) is 11.9 Å². The molecule has 3 atom stereocenters. The summed E-state index contributed by atoms with van der Waals surface area (Å²) >= 11 is 0. The van der Waals surface area contributed by atoms with Crippen molar-refractivity contribution in [3.05, 3.63) is 12.7 Å². The van der Waals surface area contributed by atoms with Gasteiger partial charge in [0.25, 0.3) is 0 Å². The summed E-state index contributed by atoms with van der Waals surface area (Å²) in [6.45, 7) is 13.4. The first-order valence-corrected chi connectivity index (χ1v) is 7.74. The van der Waals surface area contributed by atoms with Crippen LogP contribution in [0.3, 0.4) is 0 Å². The molecule has 0 bridgehead atoms. The molecule has 1 rings (SSSR count). The number of rotatable bonds is 3. The summed E-state index contributed by atoms with van der Waals surface area (Å²) in [5.41, 5.74) is -1.10. The minimum Gasteiger partial charge on any atom is -0.349 e. The van der Waals surface area contributed by atoms with E-state index < -0.39 is 5.54 Å². The van der Waals surface area contributed by atoms with Crippen LogP contribution in [0.5, 0.6) is 0 Å². The number of amides is 2. The molecular weight excluding hydrogens is 264 g/mol. The van der Waals surface area contributed by atoms with E-state index in [0.29, 0.717) is 6.42 Å². The minimum atomic E-state index is -0.782. The second kappa shape index (κ2) is 6.20. The average molecular weight is 294 g/mol. The number of carbonyl (C=O) groups excluding carboxylic acids is 2. The molecule has 4 heteroatoms. The van der Waals surface area contributed by atoms with Gasteiger partial charge >= 0.3 is 0 Å². The fraction of sp³-hybridized carbons (Fsp3) is 0.765. The van der Waals surface area contributed by atoms with Crippen molar-refractivity contribution in [1.82, 2.24) is 10.2 Å². The predicted octanol–water partition coefficient (Wildman–Crippen LogP) is 2.74. The normalized spacial score (nSPS) is 29.6. The van der Waals surface area contributed by atoms with Crippen LogP contribution < -0.4 is 5.32 Å². The maximum atomic E-state index is 13.0. The standard InChI is InChI=1S/C17H30N2O2/c1-8-14-10-9-12(2)17(11-14,19(7)13(3)20)15(21)18-16(4,5)6/h8,12,14H,1,9-11H2,2-7H3,(H,18,21)/t12?,14-,17?/m1/s1. The maximum Gasteiger partial charge on any atom is 0.246 e. The molecule has 0 heterocycles. The molecule has 1 N–H and O–H groups in total. The second-order valence-electron chi connectivity index (χ2n) is 7.38. The molecule has 4 nitrogen and oxygen atoms in total. The number of nitrogens with one attached hydrogen (secondary N) is 1. The molecule has 0 aromatic rings.